The zero-order valence-corrected chi connectivity index (χ0v) is 19.1. The summed E-state index contributed by atoms with van der Waals surface area (Å²) in [4.78, 5) is 36.9. The molecular formula is C23H21NO8S. The number of para-hydroxylation sites is 1. The number of aryl methyl sites for hydroxylation is 1. The molecule has 172 valence electrons. The van der Waals surface area contributed by atoms with E-state index in [1.807, 2.05) is 6.92 Å². The summed E-state index contributed by atoms with van der Waals surface area (Å²) in [6, 6.07) is 12.4. The molecule has 0 spiro atoms. The summed E-state index contributed by atoms with van der Waals surface area (Å²) in [6.07, 6.45) is 1.01. The van der Waals surface area contributed by atoms with E-state index < -0.39 is 33.5 Å². The predicted octanol–water partition coefficient (Wildman–Crippen LogP) is 3.11. The molecular weight excluding hydrogens is 450 g/mol. The van der Waals surface area contributed by atoms with Gasteiger partial charge in [0.1, 0.15) is 10.5 Å². The molecule has 0 aliphatic carbocycles. The summed E-state index contributed by atoms with van der Waals surface area (Å²) in [5.74, 6) is -2.80. The number of hydrogen-bond acceptors (Lipinski definition) is 8. The largest absolute Gasteiger partial charge is 0.465 e. The van der Waals surface area contributed by atoms with Gasteiger partial charge in [-0.3, -0.25) is 9.36 Å². The average molecular weight is 471 g/mol. The minimum Gasteiger partial charge on any atom is -0.465 e. The maximum absolute atomic E-state index is 13.0. The fourth-order valence-corrected chi connectivity index (χ4v) is 4.17. The SMILES string of the molecule is COC(=O)C(=Cc1c(OS(=O)(=O)c2ccc(C)cc2)c2ccccc2n1C(C)=O)C(=O)OC. The maximum Gasteiger partial charge on any atom is 0.345 e. The molecule has 1 aromatic heterocycles. The van der Waals surface area contributed by atoms with E-state index in [1.54, 1.807) is 36.4 Å². The predicted molar refractivity (Wildman–Crippen MR) is 119 cm³/mol. The normalized spacial score (nSPS) is 11.0. The van der Waals surface area contributed by atoms with E-state index in [-0.39, 0.29) is 21.7 Å². The van der Waals surface area contributed by atoms with Crippen molar-refractivity contribution in [2.75, 3.05) is 14.2 Å². The smallest absolute Gasteiger partial charge is 0.345 e. The van der Waals surface area contributed by atoms with Gasteiger partial charge in [-0.25, -0.2) is 9.59 Å². The second-order valence-electron chi connectivity index (χ2n) is 6.98. The number of ether oxygens (including phenoxy) is 2. The summed E-state index contributed by atoms with van der Waals surface area (Å²) in [7, 11) is -2.19. The van der Waals surface area contributed by atoms with Gasteiger partial charge in [0.05, 0.1) is 25.4 Å². The number of rotatable bonds is 6. The summed E-state index contributed by atoms with van der Waals surface area (Å²) in [5.41, 5.74) is 0.485. The third-order valence-electron chi connectivity index (χ3n) is 4.77. The van der Waals surface area contributed by atoms with Gasteiger partial charge < -0.3 is 13.7 Å². The summed E-state index contributed by atoms with van der Waals surface area (Å²) in [5, 5.41) is 0.281. The Balaban J connectivity index is 2.34. The van der Waals surface area contributed by atoms with E-state index in [0.29, 0.717) is 5.52 Å². The van der Waals surface area contributed by atoms with Crippen LogP contribution in [0.2, 0.25) is 0 Å². The summed E-state index contributed by atoms with van der Waals surface area (Å²) < 4.78 is 42.0. The van der Waals surface area contributed by atoms with Crippen molar-refractivity contribution < 1.29 is 36.5 Å². The van der Waals surface area contributed by atoms with Gasteiger partial charge in [0, 0.05) is 12.3 Å². The molecule has 0 aliphatic heterocycles. The fourth-order valence-electron chi connectivity index (χ4n) is 3.21. The quantitative estimate of drug-likeness (QED) is 0.177. The lowest BCUT2D eigenvalue weighted by atomic mass is 10.2. The van der Waals surface area contributed by atoms with Crippen molar-refractivity contribution in [1.82, 2.24) is 4.57 Å². The molecule has 9 nitrogen and oxygen atoms in total. The first-order valence-electron chi connectivity index (χ1n) is 9.64. The topological polar surface area (TPSA) is 118 Å². The first-order chi connectivity index (χ1) is 15.6. The van der Waals surface area contributed by atoms with Crippen LogP contribution in [0.15, 0.2) is 59.0 Å². The van der Waals surface area contributed by atoms with E-state index in [4.69, 9.17) is 4.18 Å². The Labute approximate surface area is 190 Å². The third-order valence-corrected chi connectivity index (χ3v) is 6.01. The van der Waals surface area contributed by atoms with Crippen LogP contribution in [0.1, 0.15) is 23.0 Å². The van der Waals surface area contributed by atoms with Gasteiger partial charge >= 0.3 is 22.1 Å². The highest BCUT2D eigenvalue weighted by atomic mass is 32.2. The number of nitrogens with zero attached hydrogens (tertiary/aromatic N) is 1. The molecule has 0 radical (unpaired) electrons. The third kappa shape index (κ3) is 4.65. The van der Waals surface area contributed by atoms with Crippen LogP contribution in [-0.2, 0) is 29.2 Å². The monoisotopic (exact) mass is 471 g/mol. The fraction of sp³-hybridized carbons (Fsp3) is 0.174. The van der Waals surface area contributed by atoms with Crippen molar-refractivity contribution in [3.63, 3.8) is 0 Å². The molecule has 0 aliphatic rings. The number of methoxy groups -OCH3 is 2. The van der Waals surface area contributed by atoms with Gasteiger partial charge in [-0.1, -0.05) is 29.8 Å². The van der Waals surface area contributed by atoms with Crippen LogP contribution in [0.5, 0.6) is 5.75 Å². The molecule has 33 heavy (non-hydrogen) atoms. The Morgan fingerprint density at radius 1 is 0.909 bits per heavy atom. The van der Waals surface area contributed by atoms with Gasteiger partial charge in [-0.2, -0.15) is 8.42 Å². The number of hydrogen-bond donors (Lipinski definition) is 0. The number of aromatic nitrogens is 1. The van der Waals surface area contributed by atoms with E-state index in [9.17, 15) is 22.8 Å². The van der Waals surface area contributed by atoms with E-state index in [0.717, 1.165) is 30.4 Å². The second kappa shape index (κ2) is 9.29. The van der Waals surface area contributed by atoms with Gasteiger partial charge in [0.15, 0.2) is 5.75 Å². The van der Waals surface area contributed by atoms with Crippen LogP contribution in [0.4, 0.5) is 0 Å². The molecule has 3 rings (SSSR count). The zero-order chi connectivity index (χ0) is 24.3. The van der Waals surface area contributed by atoms with Crippen molar-refractivity contribution in [2.45, 2.75) is 18.7 Å². The molecule has 1 heterocycles. The summed E-state index contributed by atoms with van der Waals surface area (Å²) >= 11 is 0. The zero-order valence-electron chi connectivity index (χ0n) is 18.3. The highest BCUT2D eigenvalue weighted by Gasteiger charge is 2.28. The van der Waals surface area contributed by atoms with Crippen LogP contribution in [0.25, 0.3) is 17.0 Å². The Bertz CT molecular complexity index is 1360. The van der Waals surface area contributed by atoms with E-state index in [2.05, 4.69) is 9.47 Å². The van der Waals surface area contributed by atoms with Gasteiger partial charge in [0.25, 0.3) is 0 Å². The number of carbonyl (C=O) groups excluding carboxylic acids is 3. The van der Waals surface area contributed by atoms with Crippen molar-refractivity contribution in [1.29, 1.82) is 0 Å². The molecule has 0 amide bonds. The van der Waals surface area contributed by atoms with Gasteiger partial charge in [-0.05, 0) is 37.3 Å². The molecule has 3 aromatic rings. The van der Waals surface area contributed by atoms with E-state index in [1.165, 1.54) is 19.1 Å². The first kappa shape index (κ1) is 23.7. The maximum atomic E-state index is 13.0. The molecule has 10 heteroatoms. The summed E-state index contributed by atoms with van der Waals surface area (Å²) in [6.45, 7) is 3.06. The van der Waals surface area contributed by atoms with Crippen molar-refractivity contribution in [3.05, 3.63) is 65.4 Å². The molecule has 0 saturated heterocycles. The standard InChI is InChI=1S/C23H21NO8S/c1-14-9-11-16(12-10-14)33(28,29)32-21-17-7-5-6-8-19(17)24(15(2)25)20(21)13-18(22(26)30-3)23(27)31-4/h5-13H,1-4H3. The van der Waals surface area contributed by atoms with Crippen LogP contribution in [0.3, 0.4) is 0 Å². The molecule has 0 unspecified atom stereocenters. The Hall–Kier alpha value is -3.92. The number of fused-ring (bicyclic) bond motifs is 1. The molecule has 0 saturated carbocycles. The lowest BCUT2D eigenvalue weighted by Crippen LogP contribution is -2.17. The Morgan fingerprint density at radius 3 is 2.03 bits per heavy atom. The van der Waals surface area contributed by atoms with Crippen LogP contribution < -0.4 is 4.18 Å². The van der Waals surface area contributed by atoms with Crippen molar-refractivity contribution in [2.24, 2.45) is 0 Å². The lowest BCUT2D eigenvalue weighted by Gasteiger charge is -2.10. The first-order valence-corrected chi connectivity index (χ1v) is 11.1. The number of benzene rings is 2. The van der Waals surface area contributed by atoms with Crippen molar-refractivity contribution >= 4 is 44.9 Å². The molecule has 0 fully saturated rings. The highest BCUT2D eigenvalue weighted by Crippen LogP contribution is 2.37. The molecule has 0 bridgehead atoms. The van der Waals surface area contributed by atoms with Gasteiger partial charge in [0.2, 0.25) is 5.91 Å². The van der Waals surface area contributed by atoms with Crippen LogP contribution >= 0.6 is 0 Å². The molecule has 0 N–H and O–H groups in total. The van der Waals surface area contributed by atoms with E-state index >= 15 is 0 Å². The molecule has 0 atom stereocenters. The van der Waals surface area contributed by atoms with Crippen LogP contribution in [-0.4, -0.2) is 45.1 Å². The molecule has 2 aromatic carbocycles. The van der Waals surface area contributed by atoms with Gasteiger partial charge in [-0.15, -0.1) is 0 Å². The minimum atomic E-state index is -4.33. The second-order valence-corrected chi connectivity index (χ2v) is 8.52. The lowest BCUT2D eigenvalue weighted by molar-refractivity contribution is -0.143. The highest BCUT2D eigenvalue weighted by molar-refractivity contribution is 7.87. The number of carbonyl (C=O) groups is 3. The van der Waals surface area contributed by atoms with Crippen molar-refractivity contribution in [3.8, 4) is 5.75 Å². The average Bonchev–Trinajstić information content (AvgIpc) is 3.09. The Kier molecular flexibility index (Phi) is 6.68. The van der Waals surface area contributed by atoms with Crippen LogP contribution in [0, 0.1) is 6.92 Å². The number of esters is 2. The Morgan fingerprint density at radius 2 is 1.48 bits per heavy atom. The minimum absolute atomic E-state index is 0.108.